The van der Waals surface area contributed by atoms with Gasteiger partial charge in [-0.1, -0.05) is 34.6 Å². The molecule has 1 unspecified atom stereocenters. The molecule has 0 aliphatic heterocycles. The van der Waals surface area contributed by atoms with Gasteiger partial charge in [0.2, 0.25) is 0 Å². The number of fused-ring (bicyclic) bond motifs is 1. The highest BCUT2D eigenvalue weighted by molar-refractivity contribution is 5.92. The average molecular weight is 288 g/mol. The summed E-state index contributed by atoms with van der Waals surface area (Å²) in [5, 5.41) is 9.22. The van der Waals surface area contributed by atoms with Crippen molar-refractivity contribution in [3.05, 3.63) is 29.6 Å². The van der Waals surface area contributed by atoms with Gasteiger partial charge in [-0.3, -0.25) is 0 Å². The summed E-state index contributed by atoms with van der Waals surface area (Å²) in [4.78, 5) is 16.0. The van der Waals surface area contributed by atoms with E-state index in [-0.39, 0.29) is 17.4 Å². The summed E-state index contributed by atoms with van der Waals surface area (Å²) < 4.78 is 2.20. The molecule has 0 amide bonds. The second-order valence-corrected chi connectivity index (χ2v) is 7.05. The van der Waals surface area contributed by atoms with Crippen LogP contribution in [0.1, 0.15) is 69.7 Å². The minimum Gasteiger partial charge on any atom is -0.478 e. The number of benzene rings is 1. The van der Waals surface area contributed by atoms with Crippen molar-refractivity contribution in [3.63, 3.8) is 0 Å². The zero-order chi connectivity index (χ0) is 15.9. The number of aromatic carboxylic acids is 1. The van der Waals surface area contributed by atoms with Crippen LogP contribution in [0.2, 0.25) is 0 Å². The molecule has 4 heteroatoms. The van der Waals surface area contributed by atoms with E-state index in [1.165, 1.54) is 0 Å². The van der Waals surface area contributed by atoms with E-state index in [1.807, 2.05) is 0 Å². The molecule has 1 aromatic heterocycles. The summed E-state index contributed by atoms with van der Waals surface area (Å²) in [5.41, 5.74) is 2.14. The molecule has 2 rings (SSSR count). The number of carbonyl (C=O) groups is 1. The molecular weight excluding hydrogens is 264 g/mol. The third-order valence-corrected chi connectivity index (χ3v) is 4.12. The molecule has 0 radical (unpaired) electrons. The number of rotatable bonds is 3. The summed E-state index contributed by atoms with van der Waals surface area (Å²) >= 11 is 0. The quantitative estimate of drug-likeness (QED) is 0.906. The molecule has 114 valence electrons. The lowest BCUT2D eigenvalue weighted by atomic mass is 9.87. The van der Waals surface area contributed by atoms with Crippen molar-refractivity contribution in [2.45, 2.75) is 53.5 Å². The lowest BCUT2D eigenvalue weighted by Gasteiger charge is -2.31. The van der Waals surface area contributed by atoms with Crippen LogP contribution in [0.4, 0.5) is 0 Å². The van der Waals surface area contributed by atoms with Gasteiger partial charge >= 0.3 is 5.97 Å². The second kappa shape index (κ2) is 5.17. The van der Waals surface area contributed by atoms with Crippen LogP contribution < -0.4 is 0 Å². The highest BCUT2D eigenvalue weighted by Gasteiger charge is 2.27. The Morgan fingerprint density at radius 1 is 1.24 bits per heavy atom. The topological polar surface area (TPSA) is 55.1 Å². The van der Waals surface area contributed by atoms with Gasteiger partial charge in [0.1, 0.15) is 5.82 Å². The normalized spacial score (nSPS) is 13.9. The molecule has 1 heterocycles. The van der Waals surface area contributed by atoms with Crippen molar-refractivity contribution < 1.29 is 9.90 Å². The Labute approximate surface area is 125 Å². The Bertz CT molecular complexity index is 678. The molecule has 0 fully saturated rings. The minimum atomic E-state index is -0.904. The van der Waals surface area contributed by atoms with E-state index in [4.69, 9.17) is 4.98 Å². The Balaban J connectivity index is 2.76. The van der Waals surface area contributed by atoms with Crippen molar-refractivity contribution in [2.75, 3.05) is 0 Å². The van der Waals surface area contributed by atoms with E-state index in [1.54, 1.807) is 18.2 Å². The van der Waals surface area contributed by atoms with Crippen LogP contribution in [0.25, 0.3) is 11.0 Å². The lowest BCUT2D eigenvalue weighted by molar-refractivity contribution is 0.0697. The number of carboxylic acids is 1. The zero-order valence-electron chi connectivity index (χ0n) is 13.6. The number of hydrogen-bond donors (Lipinski definition) is 1. The van der Waals surface area contributed by atoms with Gasteiger partial charge in [0.05, 0.1) is 16.6 Å². The van der Waals surface area contributed by atoms with Crippen molar-refractivity contribution in [3.8, 4) is 0 Å². The van der Waals surface area contributed by atoms with E-state index in [9.17, 15) is 9.90 Å². The van der Waals surface area contributed by atoms with Crippen LogP contribution in [-0.2, 0) is 0 Å². The molecule has 4 nitrogen and oxygen atoms in total. The first-order valence-electron chi connectivity index (χ1n) is 7.38. The van der Waals surface area contributed by atoms with Gasteiger partial charge in [-0.05, 0) is 30.5 Å². The molecule has 21 heavy (non-hydrogen) atoms. The van der Waals surface area contributed by atoms with Crippen LogP contribution in [0.15, 0.2) is 18.2 Å². The first kappa shape index (κ1) is 15.5. The third kappa shape index (κ3) is 2.80. The summed E-state index contributed by atoms with van der Waals surface area (Å²) in [6, 6.07) is 5.38. The van der Waals surface area contributed by atoms with E-state index in [0.29, 0.717) is 5.56 Å². The predicted molar refractivity (Wildman–Crippen MR) is 84.9 cm³/mol. The molecule has 1 aromatic carbocycles. The summed E-state index contributed by atoms with van der Waals surface area (Å²) in [6.45, 7) is 13.0. The van der Waals surface area contributed by atoms with Crippen LogP contribution in [0, 0.1) is 5.41 Å². The van der Waals surface area contributed by atoms with E-state index in [2.05, 4.69) is 46.1 Å². The second-order valence-electron chi connectivity index (χ2n) is 7.05. The van der Waals surface area contributed by atoms with Crippen LogP contribution in [-0.4, -0.2) is 20.6 Å². The van der Waals surface area contributed by atoms with Gasteiger partial charge in [-0.25, -0.2) is 9.78 Å². The molecule has 0 aliphatic carbocycles. The van der Waals surface area contributed by atoms with Gasteiger partial charge in [0, 0.05) is 12.0 Å². The molecule has 2 aromatic rings. The maximum Gasteiger partial charge on any atom is 0.335 e. The first-order valence-corrected chi connectivity index (χ1v) is 7.38. The van der Waals surface area contributed by atoms with Gasteiger partial charge in [0.15, 0.2) is 0 Å². The molecule has 0 spiro atoms. The largest absolute Gasteiger partial charge is 0.478 e. The average Bonchev–Trinajstić information content (AvgIpc) is 2.74. The van der Waals surface area contributed by atoms with E-state index >= 15 is 0 Å². The Hall–Kier alpha value is -1.84. The van der Waals surface area contributed by atoms with E-state index < -0.39 is 5.97 Å². The Morgan fingerprint density at radius 3 is 2.33 bits per heavy atom. The fourth-order valence-electron chi connectivity index (χ4n) is 2.45. The van der Waals surface area contributed by atoms with Gasteiger partial charge in [-0.15, -0.1) is 0 Å². The molecule has 0 bridgehead atoms. The third-order valence-electron chi connectivity index (χ3n) is 4.12. The fraction of sp³-hybridized carbons (Fsp3) is 0.529. The summed E-state index contributed by atoms with van der Waals surface area (Å²) in [6.07, 6.45) is 0. The molecular formula is C17H24N2O2. The number of carboxylic acid groups (broad SMARTS) is 1. The van der Waals surface area contributed by atoms with Crippen LogP contribution in [0.3, 0.4) is 0 Å². The zero-order valence-corrected chi connectivity index (χ0v) is 13.6. The number of imidazole rings is 1. The van der Waals surface area contributed by atoms with Crippen molar-refractivity contribution in [2.24, 2.45) is 5.41 Å². The molecule has 0 saturated heterocycles. The Kier molecular flexibility index (Phi) is 3.83. The lowest BCUT2D eigenvalue weighted by Crippen LogP contribution is -2.23. The molecule has 1 N–H and O–H groups in total. The molecule has 1 atom stereocenters. The monoisotopic (exact) mass is 288 g/mol. The highest BCUT2D eigenvalue weighted by Crippen LogP contribution is 2.36. The maximum absolute atomic E-state index is 11.2. The SMILES string of the molecule is CC(C)c1nc2ccc(C(=O)O)cc2n1C(C)C(C)(C)C. The summed E-state index contributed by atoms with van der Waals surface area (Å²) in [5.74, 6) is 0.393. The van der Waals surface area contributed by atoms with Crippen LogP contribution in [0.5, 0.6) is 0 Å². The first-order chi connectivity index (χ1) is 9.62. The van der Waals surface area contributed by atoms with Crippen molar-refractivity contribution in [1.82, 2.24) is 9.55 Å². The van der Waals surface area contributed by atoms with E-state index in [0.717, 1.165) is 16.9 Å². The molecule has 0 saturated carbocycles. The van der Waals surface area contributed by atoms with Crippen molar-refractivity contribution >= 4 is 17.0 Å². The highest BCUT2D eigenvalue weighted by atomic mass is 16.4. The minimum absolute atomic E-state index is 0.0660. The number of aromatic nitrogens is 2. The van der Waals surface area contributed by atoms with Crippen LogP contribution >= 0.6 is 0 Å². The number of nitrogens with zero attached hydrogens (tertiary/aromatic N) is 2. The van der Waals surface area contributed by atoms with Gasteiger partial charge in [-0.2, -0.15) is 0 Å². The maximum atomic E-state index is 11.2. The number of hydrogen-bond acceptors (Lipinski definition) is 2. The fourth-order valence-corrected chi connectivity index (χ4v) is 2.45. The smallest absolute Gasteiger partial charge is 0.335 e. The Morgan fingerprint density at radius 2 is 1.86 bits per heavy atom. The van der Waals surface area contributed by atoms with Gasteiger partial charge < -0.3 is 9.67 Å². The van der Waals surface area contributed by atoms with Gasteiger partial charge in [0.25, 0.3) is 0 Å². The molecule has 0 aliphatic rings. The van der Waals surface area contributed by atoms with Crippen molar-refractivity contribution in [1.29, 1.82) is 0 Å². The predicted octanol–water partition coefficient (Wildman–Crippen LogP) is 4.47. The summed E-state index contributed by atoms with van der Waals surface area (Å²) in [7, 11) is 0. The standard InChI is InChI=1S/C17H24N2O2/c1-10(2)15-18-13-8-7-12(16(20)21)9-14(13)19(15)11(3)17(4,5)6/h7-11H,1-6H3,(H,20,21).